The fraction of sp³-hybridized carbons (Fsp3) is 0.0909. The van der Waals surface area contributed by atoms with Crippen molar-refractivity contribution < 1.29 is 5.11 Å². The number of phenols is 1. The molecule has 0 aliphatic heterocycles. The van der Waals surface area contributed by atoms with E-state index in [4.69, 9.17) is 5.73 Å². The summed E-state index contributed by atoms with van der Waals surface area (Å²) in [6.07, 6.45) is 0. The van der Waals surface area contributed by atoms with Crippen LogP contribution in [0.4, 0.5) is 0 Å². The van der Waals surface area contributed by atoms with Gasteiger partial charge >= 0.3 is 0 Å². The summed E-state index contributed by atoms with van der Waals surface area (Å²) < 4.78 is 0. The molecule has 14 heavy (non-hydrogen) atoms. The Labute approximate surface area is 88.8 Å². The smallest absolute Gasteiger partial charge is 0.120 e. The molecule has 2 aromatic rings. The molecule has 0 aromatic heterocycles. The van der Waals surface area contributed by atoms with Gasteiger partial charge in [0.05, 0.1) is 0 Å². The van der Waals surface area contributed by atoms with Gasteiger partial charge in [0.25, 0.3) is 0 Å². The summed E-state index contributed by atoms with van der Waals surface area (Å²) in [5.41, 5.74) is 6.37. The fourth-order valence-electron chi connectivity index (χ4n) is 1.54. The molecule has 0 saturated carbocycles. The summed E-state index contributed by atoms with van der Waals surface area (Å²) in [7, 11) is 0. The maximum atomic E-state index is 9.53. The minimum absolute atomic E-state index is 0. The normalized spacial score (nSPS) is 9.79. The molecule has 74 valence electrons. The number of fused-ring (bicyclic) bond motifs is 1. The highest BCUT2D eigenvalue weighted by atomic mass is 35.5. The van der Waals surface area contributed by atoms with Crippen LogP contribution >= 0.6 is 12.4 Å². The predicted octanol–water partition coefficient (Wildman–Crippen LogP) is 2.43. The molecule has 0 spiro atoms. The molecule has 0 atom stereocenters. The van der Waals surface area contributed by atoms with Crippen molar-refractivity contribution in [2.75, 3.05) is 0 Å². The molecule has 2 nitrogen and oxygen atoms in total. The standard InChI is InChI=1S/C11H11NO.ClH/c12-7-10-9-4-2-1-3-8(9)5-6-11(10)13;/h1-6,13H,7,12H2;1H. The summed E-state index contributed by atoms with van der Waals surface area (Å²) in [5.74, 6) is 0.279. The van der Waals surface area contributed by atoms with E-state index in [1.807, 2.05) is 30.3 Å². The van der Waals surface area contributed by atoms with E-state index >= 15 is 0 Å². The second-order valence-corrected chi connectivity index (χ2v) is 2.99. The van der Waals surface area contributed by atoms with Crippen molar-refractivity contribution in [2.45, 2.75) is 6.54 Å². The topological polar surface area (TPSA) is 46.2 Å². The van der Waals surface area contributed by atoms with Gasteiger partial charge in [-0.1, -0.05) is 30.3 Å². The van der Waals surface area contributed by atoms with E-state index in [0.717, 1.165) is 16.3 Å². The first kappa shape index (κ1) is 10.8. The Hall–Kier alpha value is -1.25. The zero-order chi connectivity index (χ0) is 9.26. The van der Waals surface area contributed by atoms with Crippen LogP contribution in [0.3, 0.4) is 0 Å². The van der Waals surface area contributed by atoms with Crippen LogP contribution in [0.15, 0.2) is 36.4 Å². The van der Waals surface area contributed by atoms with Crippen molar-refractivity contribution in [1.82, 2.24) is 0 Å². The molecule has 0 aliphatic rings. The highest BCUT2D eigenvalue weighted by molar-refractivity contribution is 5.87. The van der Waals surface area contributed by atoms with Crippen LogP contribution in [0.25, 0.3) is 10.8 Å². The van der Waals surface area contributed by atoms with Gasteiger partial charge in [0.1, 0.15) is 5.75 Å². The molecular weight excluding hydrogens is 198 g/mol. The monoisotopic (exact) mass is 209 g/mol. The number of benzene rings is 2. The van der Waals surface area contributed by atoms with E-state index in [1.165, 1.54) is 0 Å². The van der Waals surface area contributed by atoms with E-state index in [9.17, 15) is 5.11 Å². The van der Waals surface area contributed by atoms with Gasteiger partial charge in [0.15, 0.2) is 0 Å². The fourth-order valence-corrected chi connectivity index (χ4v) is 1.54. The molecule has 0 aliphatic carbocycles. The van der Waals surface area contributed by atoms with Gasteiger partial charge in [-0.2, -0.15) is 0 Å². The summed E-state index contributed by atoms with van der Waals surface area (Å²) in [4.78, 5) is 0. The third-order valence-electron chi connectivity index (χ3n) is 2.22. The van der Waals surface area contributed by atoms with E-state index in [1.54, 1.807) is 6.07 Å². The van der Waals surface area contributed by atoms with Gasteiger partial charge in [-0.3, -0.25) is 0 Å². The van der Waals surface area contributed by atoms with Crippen LogP contribution in [0.1, 0.15) is 5.56 Å². The minimum Gasteiger partial charge on any atom is -0.508 e. The van der Waals surface area contributed by atoms with Gasteiger partial charge in [-0.05, 0) is 16.8 Å². The van der Waals surface area contributed by atoms with Crippen LogP contribution < -0.4 is 5.73 Å². The second-order valence-electron chi connectivity index (χ2n) is 2.99. The quantitative estimate of drug-likeness (QED) is 0.758. The first-order valence-electron chi connectivity index (χ1n) is 4.22. The highest BCUT2D eigenvalue weighted by Gasteiger charge is 2.03. The number of phenolic OH excluding ortho intramolecular Hbond substituents is 1. The Morgan fingerprint density at radius 2 is 1.79 bits per heavy atom. The molecule has 0 fully saturated rings. The predicted molar refractivity (Wildman–Crippen MR) is 60.8 cm³/mol. The highest BCUT2D eigenvalue weighted by Crippen LogP contribution is 2.26. The van der Waals surface area contributed by atoms with Gasteiger partial charge in [0.2, 0.25) is 0 Å². The Balaban J connectivity index is 0.000000980. The van der Waals surface area contributed by atoms with Crippen molar-refractivity contribution in [1.29, 1.82) is 0 Å². The van der Waals surface area contributed by atoms with Crippen LogP contribution in [0.2, 0.25) is 0 Å². The zero-order valence-electron chi connectivity index (χ0n) is 7.60. The summed E-state index contributed by atoms with van der Waals surface area (Å²) in [6.45, 7) is 0.368. The average Bonchev–Trinajstić information content (AvgIpc) is 2.18. The molecule has 0 unspecified atom stereocenters. The Morgan fingerprint density at radius 1 is 1.07 bits per heavy atom. The molecule has 3 N–H and O–H groups in total. The van der Waals surface area contributed by atoms with Gasteiger partial charge in [-0.25, -0.2) is 0 Å². The molecular formula is C11H12ClNO. The average molecular weight is 210 g/mol. The summed E-state index contributed by atoms with van der Waals surface area (Å²) in [6, 6.07) is 11.5. The number of hydrogen-bond donors (Lipinski definition) is 2. The SMILES string of the molecule is Cl.NCc1c(O)ccc2ccccc12. The number of halogens is 1. The Kier molecular flexibility index (Phi) is 3.33. The van der Waals surface area contributed by atoms with Crippen LogP contribution in [-0.4, -0.2) is 5.11 Å². The van der Waals surface area contributed by atoms with Gasteiger partial charge in [-0.15, -0.1) is 12.4 Å². The molecule has 0 heterocycles. The van der Waals surface area contributed by atoms with E-state index in [-0.39, 0.29) is 18.2 Å². The summed E-state index contributed by atoms with van der Waals surface area (Å²) >= 11 is 0. The maximum absolute atomic E-state index is 9.53. The van der Waals surface area contributed by atoms with E-state index in [0.29, 0.717) is 6.54 Å². The van der Waals surface area contributed by atoms with Crippen LogP contribution in [0, 0.1) is 0 Å². The maximum Gasteiger partial charge on any atom is 0.120 e. The molecule has 0 radical (unpaired) electrons. The van der Waals surface area contributed by atoms with Crippen molar-refractivity contribution >= 4 is 23.2 Å². The molecule has 0 amide bonds. The van der Waals surface area contributed by atoms with Crippen LogP contribution in [0.5, 0.6) is 5.75 Å². The molecule has 2 rings (SSSR count). The van der Waals surface area contributed by atoms with E-state index in [2.05, 4.69) is 0 Å². The van der Waals surface area contributed by atoms with E-state index < -0.39 is 0 Å². The first-order chi connectivity index (χ1) is 6.33. The number of rotatable bonds is 1. The van der Waals surface area contributed by atoms with Crippen molar-refractivity contribution in [2.24, 2.45) is 5.73 Å². The van der Waals surface area contributed by atoms with Crippen molar-refractivity contribution in [3.63, 3.8) is 0 Å². The third kappa shape index (κ3) is 1.67. The molecule has 0 saturated heterocycles. The second kappa shape index (κ2) is 4.31. The van der Waals surface area contributed by atoms with Gasteiger partial charge in [0, 0.05) is 12.1 Å². The lowest BCUT2D eigenvalue weighted by Crippen LogP contribution is -1.97. The largest absolute Gasteiger partial charge is 0.508 e. The number of hydrogen-bond acceptors (Lipinski definition) is 2. The number of aromatic hydroxyl groups is 1. The lowest BCUT2D eigenvalue weighted by Gasteiger charge is -2.05. The zero-order valence-corrected chi connectivity index (χ0v) is 8.42. The molecule has 3 heteroatoms. The van der Waals surface area contributed by atoms with Gasteiger partial charge < -0.3 is 10.8 Å². The summed E-state index contributed by atoms with van der Waals surface area (Å²) in [5, 5.41) is 11.7. The van der Waals surface area contributed by atoms with Crippen molar-refractivity contribution in [3.8, 4) is 5.75 Å². The molecule has 0 bridgehead atoms. The minimum atomic E-state index is 0. The Bertz CT molecular complexity index is 442. The molecule has 2 aromatic carbocycles. The van der Waals surface area contributed by atoms with Crippen LogP contribution in [-0.2, 0) is 6.54 Å². The lowest BCUT2D eigenvalue weighted by atomic mass is 10.0. The first-order valence-corrected chi connectivity index (χ1v) is 4.22. The van der Waals surface area contributed by atoms with Crippen molar-refractivity contribution in [3.05, 3.63) is 42.0 Å². The third-order valence-corrected chi connectivity index (χ3v) is 2.22. The lowest BCUT2D eigenvalue weighted by molar-refractivity contribution is 0.469. The number of nitrogens with two attached hydrogens (primary N) is 1. The Morgan fingerprint density at radius 3 is 2.50 bits per heavy atom.